The van der Waals surface area contributed by atoms with Gasteiger partial charge in [0.1, 0.15) is 0 Å². The standard InChI is InChI=1S/C9H19N/c1-8(2)5-4-6-9(3,10)7-8/h4-7,10H2,1-3H3. The molecule has 1 aliphatic rings. The molecular weight excluding hydrogens is 122 g/mol. The van der Waals surface area contributed by atoms with Gasteiger partial charge in [0.15, 0.2) is 0 Å². The smallest absolute Gasteiger partial charge is 0.0131 e. The summed E-state index contributed by atoms with van der Waals surface area (Å²) in [7, 11) is 0. The van der Waals surface area contributed by atoms with Gasteiger partial charge in [-0.15, -0.1) is 0 Å². The molecule has 1 saturated carbocycles. The van der Waals surface area contributed by atoms with E-state index in [-0.39, 0.29) is 5.54 Å². The van der Waals surface area contributed by atoms with E-state index in [0.717, 1.165) is 0 Å². The van der Waals surface area contributed by atoms with Crippen molar-refractivity contribution in [2.75, 3.05) is 0 Å². The fourth-order valence-electron chi connectivity index (χ4n) is 2.24. The molecule has 60 valence electrons. The van der Waals surface area contributed by atoms with Gasteiger partial charge in [-0.1, -0.05) is 20.3 Å². The molecule has 0 aromatic rings. The van der Waals surface area contributed by atoms with Crippen molar-refractivity contribution >= 4 is 0 Å². The lowest BCUT2D eigenvalue weighted by molar-refractivity contribution is 0.164. The van der Waals surface area contributed by atoms with Crippen LogP contribution in [0, 0.1) is 5.41 Å². The van der Waals surface area contributed by atoms with E-state index in [4.69, 9.17) is 5.73 Å². The van der Waals surface area contributed by atoms with Gasteiger partial charge in [0.2, 0.25) is 0 Å². The van der Waals surface area contributed by atoms with Crippen LogP contribution in [0.2, 0.25) is 0 Å². The van der Waals surface area contributed by atoms with Crippen LogP contribution in [0.3, 0.4) is 0 Å². The summed E-state index contributed by atoms with van der Waals surface area (Å²) < 4.78 is 0. The normalized spacial score (nSPS) is 39.6. The third-order valence-electron chi connectivity index (χ3n) is 2.48. The third-order valence-corrected chi connectivity index (χ3v) is 2.48. The SMILES string of the molecule is CC1(C)CCCC(C)(N)C1. The first-order valence-electron chi connectivity index (χ1n) is 4.20. The molecule has 1 unspecified atom stereocenters. The second-order valence-electron chi connectivity index (χ2n) is 4.85. The number of hydrogen-bond donors (Lipinski definition) is 1. The minimum absolute atomic E-state index is 0.113. The van der Waals surface area contributed by atoms with Crippen LogP contribution in [0.1, 0.15) is 46.5 Å². The fraction of sp³-hybridized carbons (Fsp3) is 1.00. The molecule has 0 aromatic heterocycles. The molecule has 10 heavy (non-hydrogen) atoms. The minimum atomic E-state index is 0.113. The maximum atomic E-state index is 6.05. The maximum absolute atomic E-state index is 6.05. The van der Waals surface area contributed by atoms with Crippen LogP contribution in [-0.4, -0.2) is 5.54 Å². The first-order chi connectivity index (χ1) is 4.41. The fourth-order valence-corrected chi connectivity index (χ4v) is 2.24. The first kappa shape index (κ1) is 8.06. The van der Waals surface area contributed by atoms with Crippen molar-refractivity contribution in [1.82, 2.24) is 0 Å². The zero-order chi connectivity index (χ0) is 7.83. The summed E-state index contributed by atoms with van der Waals surface area (Å²) in [6, 6.07) is 0. The van der Waals surface area contributed by atoms with Gasteiger partial charge in [-0.2, -0.15) is 0 Å². The van der Waals surface area contributed by atoms with Gasteiger partial charge in [0, 0.05) is 5.54 Å². The lowest BCUT2D eigenvalue weighted by Gasteiger charge is -2.40. The maximum Gasteiger partial charge on any atom is 0.0131 e. The molecular formula is C9H19N. The molecule has 0 radical (unpaired) electrons. The van der Waals surface area contributed by atoms with Crippen molar-refractivity contribution in [2.24, 2.45) is 11.1 Å². The van der Waals surface area contributed by atoms with Crippen LogP contribution in [0.25, 0.3) is 0 Å². The Bertz CT molecular complexity index is 111. The van der Waals surface area contributed by atoms with Gasteiger partial charge in [-0.25, -0.2) is 0 Å². The van der Waals surface area contributed by atoms with Crippen LogP contribution >= 0.6 is 0 Å². The zero-order valence-electron chi connectivity index (χ0n) is 7.41. The van der Waals surface area contributed by atoms with E-state index < -0.39 is 0 Å². The highest BCUT2D eigenvalue weighted by Gasteiger charge is 2.33. The summed E-state index contributed by atoms with van der Waals surface area (Å²) in [4.78, 5) is 0. The molecule has 0 spiro atoms. The van der Waals surface area contributed by atoms with Gasteiger partial charge in [-0.3, -0.25) is 0 Å². The lowest BCUT2D eigenvalue weighted by atomic mass is 9.69. The Morgan fingerprint density at radius 2 is 1.70 bits per heavy atom. The zero-order valence-corrected chi connectivity index (χ0v) is 7.41. The molecule has 1 aliphatic carbocycles. The molecule has 2 N–H and O–H groups in total. The average Bonchev–Trinajstić information content (AvgIpc) is 1.56. The van der Waals surface area contributed by atoms with E-state index in [0.29, 0.717) is 5.41 Å². The van der Waals surface area contributed by atoms with Crippen LogP contribution in [0.5, 0.6) is 0 Å². The monoisotopic (exact) mass is 141 g/mol. The predicted molar refractivity (Wildman–Crippen MR) is 44.8 cm³/mol. The highest BCUT2D eigenvalue weighted by atomic mass is 14.7. The Hall–Kier alpha value is -0.0400. The molecule has 0 heterocycles. The number of rotatable bonds is 0. The van der Waals surface area contributed by atoms with Crippen molar-refractivity contribution in [3.05, 3.63) is 0 Å². The van der Waals surface area contributed by atoms with Crippen LogP contribution < -0.4 is 5.73 Å². The van der Waals surface area contributed by atoms with E-state index in [1.165, 1.54) is 25.7 Å². The summed E-state index contributed by atoms with van der Waals surface area (Å²) in [5, 5.41) is 0. The van der Waals surface area contributed by atoms with Crippen molar-refractivity contribution in [3.8, 4) is 0 Å². The predicted octanol–water partition coefficient (Wildman–Crippen LogP) is 2.30. The van der Waals surface area contributed by atoms with Gasteiger partial charge < -0.3 is 5.73 Å². The van der Waals surface area contributed by atoms with E-state index in [1.54, 1.807) is 0 Å². The van der Waals surface area contributed by atoms with Crippen LogP contribution in [0.4, 0.5) is 0 Å². The quantitative estimate of drug-likeness (QED) is 0.550. The summed E-state index contributed by atoms with van der Waals surface area (Å²) in [6.45, 7) is 6.81. The van der Waals surface area contributed by atoms with E-state index in [9.17, 15) is 0 Å². The molecule has 0 bridgehead atoms. The Kier molecular flexibility index (Phi) is 1.80. The molecule has 1 nitrogen and oxygen atoms in total. The Morgan fingerprint density at radius 1 is 1.10 bits per heavy atom. The highest BCUT2D eigenvalue weighted by molar-refractivity contribution is 4.90. The van der Waals surface area contributed by atoms with E-state index in [2.05, 4.69) is 20.8 Å². The second-order valence-corrected chi connectivity index (χ2v) is 4.85. The van der Waals surface area contributed by atoms with Crippen molar-refractivity contribution in [2.45, 2.75) is 52.0 Å². The van der Waals surface area contributed by atoms with Gasteiger partial charge in [-0.05, 0) is 31.6 Å². The molecule has 1 fully saturated rings. The Labute approximate surface area is 64.0 Å². The summed E-state index contributed by atoms with van der Waals surface area (Å²) >= 11 is 0. The molecule has 1 atom stereocenters. The third kappa shape index (κ3) is 1.98. The van der Waals surface area contributed by atoms with E-state index >= 15 is 0 Å². The molecule has 0 aliphatic heterocycles. The molecule has 1 heteroatoms. The van der Waals surface area contributed by atoms with Gasteiger partial charge in [0.25, 0.3) is 0 Å². The molecule has 1 rings (SSSR count). The topological polar surface area (TPSA) is 26.0 Å². The summed E-state index contributed by atoms with van der Waals surface area (Å²) in [5.74, 6) is 0. The lowest BCUT2D eigenvalue weighted by Crippen LogP contribution is -2.43. The van der Waals surface area contributed by atoms with Crippen molar-refractivity contribution in [1.29, 1.82) is 0 Å². The summed E-state index contributed by atoms with van der Waals surface area (Å²) in [5.41, 5.74) is 6.65. The largest absolute Gasteiger partial charge is 0.325 e. The second kappa shape index (κ2) is 2.23. The average molecular weight is 141 g/mol. The molecule has 0 aromatic carbocycles. The number of nitrogens with two attached hydrogens (primary N) is 1. The summed E-state index contributed by atoms with van der Waals surface area (Å²) in [6.07, 6.45) is 5.04. The minimum Gasteiger partial charge on any atom is -0.325 e. The van der Waals surface area contributed by atoms with E-state index in [1.807, 2.05) is 0 Å². The van der Waals surface area contributed by atoms with Crippen LogP contribution in [0.15, 0.2) is 0 Å². The highest BCUT2D eigenvalue weighted by Crippen LogP contribution is 2.39. The van der Waals surface area contributed by atoms with Crippen molar-refractivity contribution in [3.63, 3.8) is 0 Å². The van der Waals surface area contributed by atoms with Crippen LogP contribution in [-0.2, 0) is 0 Å². The van der Waals surface area contributed by atoms with Crippen molar-refractivity contribution < 1.29 is 0 Å². The Morgan fingerprint density at radius 3 is 2.00 bits per heavy atom. The number of hydrogen-bond acceptors (Lipinski definition) is 1. The molecule has 0 amide bonds. The first-order valence-corrected chi connectivity index (χ1v) is 4.20. The van der Waals surface area contributed by atoms with Gasteiger partial charge >= 0.3 is 0 Å². The van der Waals surface area contributed by atoms with Gasteiger partial charge in [0.05, 0.1) is 0 Å². The molecule has 0 saturated heterocycles. The Balaban J connectivity index is 2.56.